The maximum absolute atomic E-state index is 13.2. The fourth-order valence-electron chi connectivity index (χ4n) is 3.94. The Kier molecular flexibility index (Phi) is 5.95. The van der Waals surface area contributed by atoms with Crippen LogP contribution in [0.3, 0.4) is 0 Å². The van der Waals surface area contributed by atoms with Gasteiger partial charge in [-0.15, -0.1) is 0 Å². The number of para-hydroxylation sites is 1. The predicted molar refractivity (Wildman–Crippen MR) is 115 cm³/mol. The minimum absolute atomic E-state index is 0.242. The van der Waals surface area contributed by atoms with Crippen molar-refractivity contribution in [3.63, 3.8) is 0 Å². The zero-order chi connectivity index (χ0) is 21.1. The van der Waals surface area contributed by atoms with Gasteiger partial charge in [-0.3, -0.25) is 14.5 Å². The topological polar surface area (TPSA) is 62.6 Å². The smallest absolute Gasteiger partial charge is 0.255 e. The number of rotatable bonds is 5. The molecule has 2 aromatic carbocycles. The van der Waals surface area contributed by atoms with Gasteiger partial charge < -0.3 is 9.73 Å². The quantitative estimate of drug-likeness (QED) is 0.687. The van der Waals surface area contributed by atoms with Crippen molar-refractivity contribution >= 4 is 16.9 Å². The van der Waals surface area contributed by atoms with Crippen molar-refractivity contribution in [1.82, 2.24) is 10.2 Å². The van der Waals surface area contributed by atoms with Crippen molar-refractivity contribution < 1.29 is 13.6 Å². The fraction of sp³-hybridized carbons (Fsp3) is 0.333. The molecular weight excluding hydrogens is 383 g/mol. The number of nitrogens with zero attached hydrogens (tertiary/aromatic N) is 1. The number of benzene rings is 2. The monoisotopic (exact) mass is 408 g/mol. The Bertz CT molecular complexity index is 1100. The molecule has 0 aliphatic carbocycles. The third kappa shape index (κ3) is 4.28. The Balaban J connectivity index is 1.60. The number of likely N-dealkylation sites (tertiary alicyclic amines) is 1. The van der Waals surface area contributed by atoms with Crippen molar-refractivity contribution in [1.29, 1.82) is 0 Å². The van der Waals surface area contributed by atoms with E-state index < -0.39 is 0 Å². The van der Waals surface area contributed by atoms with E-state index in [-0.39, 0.29) is 28.8 Å². The van der Waals surface area contributed by atoms with Crippen LogP contribution in [0.2, 0.25) is 0 Å². The van der Waals surface area contributed by atoms with Crippen LogP contribution >= 0.6 is 0 Å². The van der Waals surface area contributed by atoms with Crippen molar-refractivity contribution in [3.8, 4) is 11.3 Å². The standard InChI is InChI=1S/C24H25FN2O3/c1-16(27-12-3-2-4-13-27)15-26-24(29)20-7-5-6-19-21(28)14-22(30-23(19)20)17-8-10-18(25)11-9-17/h5-11,14,16H,2-4,12-13,15H2,1H3,(H,26,29). The summed E-state index contributed by atoms with van der Waals surface area (Å²) in [5, 5.41) is 3.33. The number of carbonyl (C=O) groups is 1. The third-order valence-electron chi connectivity index (χ3n) is 5.70. The van der Waals surface area contributed by atoms with Crippen molar-refractivity contribution in [2.45, 2.75) is 32.2 Å². The summed E-state index contributed by atoms with van der Waals surface area (Å²) in [5.41, 5.74) is 0.892. The highest BCUT2D eigenvalue weighted by Crippen LogP contribution is 2.24. The van der Waals surface area contributed by atoms with Gasteiger partial charge in [0.25, 0.3) is 5.91 Å². The summed E-state index contributed by atoms with van der Waals surface area (Å²) in [7, 11) is 0. The van der Waals surface area contributed by atoms with Crippen molar-refractivity contribution in [2.24, 2.45) is 0 Å². The summed E-state index contributed by atoms with van der Waals surface area (Å²) in [6, 6.07) is 12.3. The van der Waals surface area contributed by atoms with E-state index >= 15 is 0 Å². The summed E-state index contributed by atoms with van der Waals surface area (Å²) < 4.78 is 19.2. The number of nitrogens with one attached hydrogen (secondary N) is 1. The summed E-state index contributed by atoms with van der Waals surface area (Å²) in [6.45, 7) is 4.75. The second kappa shape index (κ2) is 8.79. The first-order valence-corrected chi connectivity index (χ1v) is 10.4. The second-order valence-electron chi connectivity index (χ2n) is 7.82. The molecule has 0 spiro atoms. The zero-order valence-corrected chi connectivity index (χ0v) is 17.0. The lowest BCUT2D eigenvalue weighted by molar-refractivity contribution is 0.0930. The number of halogens is 1. The average Bonchev–Trinajstić information content (AvgIpc) is 2.78. The van der Waals surface area contributed by atoms with Gasteiger partial charge in [0.05, 0.1) is 10.9 Å². The molecule has 0 bridgehead atoms. The van der Waals surface area contributed by atoms with Crippen LogP contribution in [0.15, 0.2) is 57.7 Å². The minimum Gasteiger partial charge on any atom is -0.455 e. The molecule has 1 aliphatic heterocycles. The molecule has 6 heteroatoms. The Morgan fingerprint density at radius 3 is 2.60 bits per heavy atom. The second-order valence-corrected chi connectivity index (χ2v) is 7.82. The van der Waals surface area contributed by atoms with E-state index in [1.54, 1.807) is 30.3 Å². The van der Waals surface area contributed by atoms with Gasteiger partial charge in [-0.25, -0.2) is 4.39 Å². The SMILES string of the molecule is CC(CNC(=O)c1cccc2c(=O)cc(-c3ccc(F)cc3)oc12)N1CCCCC1. The molecule has 2 heterocycles. The number of hydrogen-bond donors (Lipinski definition) is 1. The van der Waals surface area contributed by atoms with Crippen LogP contribution in [-0.4, -0.2) is 36.5 Å². The molecule has 30 heavy (non-hydrogen) atoms. The molecule has 5 nitrogen and oxygen atoms in total. The number of amides is 1. The van der Waals surface area contributed by atoms with Gasteiger partial charge in [0, 0.05) is 24.2 Å². The third-order valence-corrected chi connectivity index (χ3v) is 5.70. The summed E-state index contributed by atoms with van der Waals surface area (Å²) in [4.78, 5) is 27.9. The number of carbonyl (C=O) groups excluding carboxylic acids is 1. The predicted octanol–water partition coefficient (Wildman–Crippen LogP) is 4.20. The van der Waals surface area contributed by atoms with Crippen LogP contribution in [0, 0.1) is 5.82 Å². The summed E-state index contributed by atoms with van der Waals surface area (Å²) in [6.07, 6.45) is 3.65. The lowest BCUT2D eigenvalue weighted by atomic mass is 10.1. The Labute approximate surface area is 174 Å². The zero-order valence-electron chi connectivity index (χ0n) is 17.0. The van der Waals surface area contributed by atoms with Crippen LogP contribution in [0.25, 0.3) is 22.3 Å². The van der Waals surface area contributed by atoms with E-state index in [4.69, 9.17) is 4.42 Å². The van der Waals surface area contributed by atoms with Gasteiger partial charge in [0.15, 0.2) is 11.0 Å². The Hall–Kier alpha value is -2.99. The van der Waals surface area contributed by atoms with E-state index in [1.165, 1.54) is 37.5 Å². The van der Waals surface area contributed by atoms with E-state index in [0.29, 0.717) is 28.8 Å². The minimum atomic E-state index is -0.371. The normalized spacial score (nSPS) is 15.8. The molecule has 1 N–H and O–H groups in total. The molecular formula is C24H25FN2O3. The van der Waals surface area contributed by atoms with Crippen LogP contribution in [0.4, 0.5) is 4.39 Å². The summed E-state index contributed by atoms with van der Waals surface area (Å²) >= 11 is 0. The molecule has 1 aromatic heterocycles. The first kappa shape index (κ1) is 20.3. The van der Waals surface area contributed by atoms with Crippen LogP contribution in [0.1, 0.15) is 36.5 Å². The highest BCUT2D eigenvalue weighted by Gasteiger charge is 2.19. The van der Waals surface area contributed by atoms with Crippen molar-refractivity contribution in [3.05, 3.63) is 70.1 Å². The molecule has 1 unspecified atom stereocenters. The molecule has 156 valence electrons. The van der Waals surface area contributed by atoms with Crippen LogP contribution < -0.4 is 10.7 Å². The molecule has 1 fully saturated rings. The van der Waals surface area contributed by atoms with Gasteiger partial charge in [0.1, 0.15) is 11.6 Å². The lowest BCUT2D eigenvalue weighted by Crippen LogP contribution is -2.44. The van der Waals surface area contributed by atoms with Gasteiger partial charge in [-0.1, -0.05) is 12.5 Å². The highest BCUT2D eigenvalue weighted by atomic mass is 19.1. The van der Waals surface area contributed by atoms with Gasteiger partial charge in [-0.05, 0) is 69.3 Å². The van der Waals surface area contributed by atoms with Gasteiger partial charge in [0.2, 0.25) is 0 Å². The Morgan fingerprint density at radius 2 is 1.87 bits per heavy atom. The number of piperidine rings is 1. The fourth-order valence-corrected chi connectivity index (χ4v) is 3.94. The summed E-state index contributed by atoms with van der Waals surface area (Å²) in [5.74, 6) is -0.344. The average molecular weight is 408 g/mol. The number of fused-ring (bicyclic) bond motifs is 1. The van der Waals surface area contributed by atoms with E-state index in [2.05, 4.69) is 17.1 Å². The largest absolute Gasteiger partial charge is 0.455 e. The highest BCUT2D eigenvalue weighted by molar-refractivity contribution is 6.04. The maximum Gasteiger partial charge on any atom is 0.255 e. The molecule has 1 aliphatic rings. The molecule has 1 saturated heterocycles. The first-order valence-electron chi connectivity index (χ1n) is 10.4. The molecule has 1 amide bonds. The lowest BCUT2D eigenvalue weighted by Gasteiger charge is -2.32. The molecule has 3 aromatic rings. The van der Waals surface area contributed by atoms with E-state index in [9.17, 15) is 14.0 Å². The molecule has 1 atom stereocenters. The van der Waals surface area contributed by atoms with Crippen LogP contribution in [0.5, 0.6) is 0 Å². The maximum atomic E-state index is 13.2. The molecule has 4 rings (SSSR count). The van der Waals surface area contributed by atoms with E-state index in [0.717, 1.165) is 13.1 Å². The van der Waals surface area contributed by atoms with Gasteiger partial charge >= 0.3 is 0 Å². The van der Waals surface area contributed by atoms with E-state index in [1.807, 2.05) is 0 Å². The van der Waals surface area contributed by atoms with Crippen molar-refractivity contribution in [2.75, 3.05) is 19.6 Å². The van der Waals surface area contributed by atoms with Crippen LogP contribution in [-0.2, 0) is 0 Å². The first-order chi connectivity index (χ1) is 14.5. The number of hydrogen-bond acceptors (Lipinski definition) is 4. The van der Waals surface area contributed by atoms with Gasteiger partial charge in [-0.2, -0.15) is 0 Å². The Morgan fingerprint density at radius 1 is 1.13 bits per heavy atom. The molecule has 0 saturated carbocycles. The molecule has 0 radical (unpaired) electrons.